The van der Waals surface area contributed by atoms with E-state index in [0.717, 1.165) is 0 Å². The molecule has 0 aromatic carbocycles. The van der Waals surface area contributed by atoms with Crippen molar-refractivity contribution in [2.24, 2.45) is 11.5 Å². The van der Waals surface area contributed by atoms with Crippen molar-refractivity contribution in [3.63, 3.8) is 0 Å². The first kappa shape index (κ1) is 12.0. The zero-order valence-corrected chi connectivity index (χ0v) is 8.81. The maximum absolute atomic E-state index is 5.30. The van der Waals surface area contributed by atoms with E-state index < -0.39 is 15.7 Å². The van der Waals surface area contributed by atoms with E-state index in [1.807, 2.05) is 13.8 Å². The maximum atomic E-state index is 5.30. The summed E-state index contributed by atoms with van der Waals surface area (Å²) in [5.74, 6) is 0. The zero-order chi connectivity index (χ0) is 9.40. The average molecular weight is 194 g/mol. The van der Waals surface area contributed by atoms with E-state index in [0.29, 0.717) is 13.2 Å². The average Bonchev–Trinajstić information content (AvgIpc) is 2.01. The molecule has 0 amide bonds. The van der Waals surface area contributed by atoms with E-state index in [4.69, 9.17) is 24.7 Å². The van der Waals surface area contributed by atoms with Crippen LogP contribution in [-0.4, -0.2) is 35.5 Å². The summed E-state index contributed by atoms with van der Waals surface area (Å²) in [6, 6.07) is 0. The molecule has 0 atom stereocenters. The van der Waals surface area contributed by atoms with Crippen molar-refractivity contribution < 1.29 is 13.3 Å². The van der Waals surface area contributed by atoms with Crippen LogP contribution in [0.15, 0.2) is 0 Å². The topological polar surface area (TPSA) is 79.7 Å². The lowest BCUT2D eigenvalue weighted by Crippen LogP contribution is -2.39. The van der Waals surface area contributed by atoms with Crippen LogP contribution >= 0.6 is 0 Å². The van der Waals surface area contributed by atoms with Gasteiger partial charge in [0.25, 0.3) is 0 Å². The highest BCUT2D eigenvalue weighted by molar-refractivity contribution is 6.36. The van der Waals surface area contributed by atoms with Crippen LogP contribution in [0, 0.1) is 0 Å². The van der Waals surface area contributed by atoms with Crippen molar-refractivity contribution in [3.05, 3.63) is 0 Å². The molecule has 12 heavy (non-hydrogen) atoms. The molecule has 6 heteroatoms. The summed E-state index contributed by atoms with van der Waals surface area (Å²) in [5, 5.41) is 0. The molecule has 0 aliphatic heterocycles. The molecular formula is C6H18N2O3Si. The summed E-state index contributed by atoms with van der Waals surface area (Å²) in [4.78, 5) is 0. The van der Waals surface area contributed by atoms with Gasteiger partial charge in [-0.1, -0.05) is 0 Å². The van der Waals surface area contributed by atoms with Crippen LogP contribution in [0.2, 0.25) is 0 Å². The van der Waals surface area contributed by atoms with Gasteiger partial charge in [0.2, 0.25) is 0 Å². The van der Waals surface area contributed by atoms with Gasteiger partial charge >= 0.3 is 9.53 Å². The minimum absolute atomic E-state index is 0.289. The van der Waals surface area contributed by atoms with Crippen LogP contribution in [0.1, 0.15) is 13.8 Å². The highest BCUT2D eigenvalue weighted by Crippen LogP contribution is 1.92. The molecule has 0 fully saturated rings. The standard InChI is InChI=1S/C6H18N2O3Si/c1-3-9-12(10-4-2)11-5-6(7)8/h6,12H,3-5,7-8H2,1-2H3. The summed E-state index contributed by atoms with van der Waals surface area (Å²) in [6.45, 7) is 5.26. The second kappa shape index (κ2) is 7.65. The molecule has 0 bridgehead atoms. The zero-order valence-electron chi connectivity index (χ0n) is 7.66. The third kappa shape index (κ3) is 6.71. The molecule has 0 aliphatic carbocycles. The summed E-state index contributed by atoms with van der Waals surface area (Å²) in [7, 11) is -1.95. The Morgan fingerprint density at radius 3 is 1.92 bits per heavy atom. The van der Waals surface area contributed by atoms with Crippen LogP contribution in [0.4, 0.5) is 0 Å². The van der Waals surface area contributed by atoms with Crippen molar-refractivity contribution in [1.82, 2.24) is 0 Å². The Morgan fingerprint density at radius 1 is 1.08 bits per heavy atom. The predicted molar refractivity (Wildman–Crippen MR) is 48.5 cm³/mol. The SMILES string of the molecule is CCO[SiH](OCC)OCC(N)N. The minimum Gasteiger partial charge on any atom is -0.376 e. The van der Waals surface area contributed by atoms with Crippen LogP contribution in [-0.2, 0) is 13.3 Å². The monoisotopic (exact) mass is 194 g/mol. The van der Waals surface area contributed by atoms with Crippen molar-refractivity contribution in [2.45, 2.75) is 20.0 Å². The Labute approximate surface area is 74.9 Å². The maximum Gasteiger partial charge on any atom is 0.484 e. The Morgan fingerprint density at radius 2 is 1.58 bits per heavy atom. The minimum atomic E-state index is -1.95. The fraction of sp³-hybridized carbons (Fsp3) is 1.00. The molecule has 74 valence electrons. The number of hydrogen-bond acceptors (Lipinski definition) is 5. The molecule has 0 spiro atoms. The Hall–Kier alpha value is 0.0169. The normalized spacial score (nSPS) is 11.5. The van der Waals surface area contributed by atoms with E-state index in [1.165, 1.54) is 0 Å². The summed E-state index contributed by atoms with van der Waals surface area (Å²) in [6.07, 6.45) is -0.457. The second-order valence-electron chi connectivity index (χ2n) is 2.20. The van der Waals surface area contributed by atoms with E-state index in [2.05, 4.69) is 0 Å². The lowest BCUT2D eigenvalue weighted by atomic mass is 10.6. The molecule has 0 aliphatic rings. The quantitative estimate of drug-likeness (QED) is 0.403. The van der Waals surface area contributed by atoms with Gasteiger partial charge in [0, 0.05) is 13.2 Å². The Kier molecular flexibility index (Phi) is 7.67. The predicted octanol–water partition coefficient (Wildman–Crippen LogP) is -0.963. The van der Waals surface area contributed by atoms with Crippen LogP contribution in [0.5, 0.6) is 0 Å². The van der Waals surface area contributed by atoms with Gasteiger partial charge in [-0.05, 0) is 13.8 Å². The lowest BCUT2D eigenvalue weighted by molar-refractivity contribution is 0.0972. The van der Waals surface area contributed by atoms with Gasteiger partial charge in [0.1, 0.15) is 0 Å². The van der Waals surface area contributed by atoms with Crippen molar-refractivity contribution in [1.29, 1.82) is 0 Å². The van der Waals surface area contributed by atoms with E-state index in [1.54, 1.807) is 0 Å². The first-order chi connectivity index (χ1) is 5.70. The van der Waals surface area contributed by atoms with Gasteiger partial charge < -0.3 is 24.7 Å². The number of rotatable bonds is 7. The molecule has 0 rings (SSSR count). The van der Waals surface area contributed by atoms with E-state index >= 15 is 0 Å². The molecule has 0 saturated carbocycles. The van der Waals surface area contributed by atoms with Gasteiger partial charge in [-0.15, -0.1) is 0 Å². The van der Waals surface area contributed by atoms with Crippen molar-refractivity contribution in [3.8, 4) is 0 Å². The van der Waals surface area contributed by atoms with Gasteiger partial charge in [-0.3, -0.25) is 0 Å². The highest BCUT2D eigenvalue weighted by atomic mass is 28.3. The Balaban J connectivity index is 3.48. The third-order valence-corrected chi connectivity index (χ3v) is 2.71. The molecule has 0 radical (unpaired) electrons. The molecule has 0 saturated heterocycles. The van der Waals surface area contributed by atoms with Gasteiger partial charge in [0.15, 0.2) is 0 Å². The number of hydrogen-bond donors (Lipinski definition) is 2. The van der Waals surface area contributed by atoms with Crippen LogP contribution in [0.25, 0.3) is 0 Å². The third-order valence-electron chi connectivity index (χ3n) is 1.03. The molecule has 0 aromatic rings. The van der Waals surface area contributed by atoms with Gasteiger partial charge in [0.05, 0.1) is 12.8 Å². The molecule has 0 heterocycles. The molecule has 0 unspecified atom stereocenters. The summed E-state index contributed by atoms with van der Waals surface area (Å²) >= 11 is 0. The molecule has 4 N–H and O–H groups in total. The molecular weight excluding hydrogens is 176 g/mol. The number of nitrogens with two attached hydrogens (primary N) is 2. The largest absolute Gasteiger partial charge is 0.484 e. The molecule has 5 nitrogen and oxygen atoms in total. The van der Waals surface area contributed by atoms with Gasteiger partial charge in [-0.2, -0.15) is 0 Å². The second-order valence-corrected chi connectivity index (χ2v) is 3.77. The van der Waals surface area contributed by atoms with Crippen LogP contribution in [0.3, 0.4) is 0 Å². The van der Waals surface area contributed by atoms with E-state index in [9.17, 15) is 0 Å². The Bertz CT molecular complexity index is 98.8. The fourth-order valence-electron chi connectivity index (χ4n) is 0.606. The smallest absolute Gasteiger partial charge is 0.376 e. The highest BCUT2D eigenvalue weighted by Gasteiger charge is 2.13. The van der Waals surface area contributed by atoms with Crippen molar-refractivity contribution in [2.75, 3.05) is 19.8 Å². The fourth-order valence-corrected chi connectivity index (χ4v) is 1.82. The first-order valence-electron chi connectivity index (χ1n) is 4.06. The lowest BCUT2D eigenvalue weighted by Gasteiger charge is -2.15. The summed E-state index contributed by atoms with van der Waals surface area (Å²) in [5.41, 5.74) is 10.6. The first-order valence-corrected chi connectivity index (χ1v) is 5.48. The summed E-state index contributed by atoms with van der Waals surface area (Å²) < 4.78 is 15.7. The van der Waals surface area contributed by atoms with Crippen molar-refractivity contribution >= 4 is 9.53 Å². The molecule has 0 aromatic heterocycles. The van der Waals surface area contributed by atoms with Gasteiger partial charge in [-0.25, -0.2) is 0 Å². The van der Waals surface area contributed by atoms with E-state index in [-0.39, 0.29) is 6.61 Å². The van der Waals surface area contributed by atoms with Crippen LogP contribution < -0.4 is 11.5 Å².